The van der Waals surface area contributed by atoms with Crippen molar-refractivity contribution in [3.8, 4) is 0 Å². The highest BCUT2D eigenvalue weighted by Crippen LogP contribution is 2.22. The van der Waals surface area contributed by atoms with Crippen molar-refractivity contribution < 1.29 is 9.18 Å². The third-order valence-corrected chi connectivity index (χ3v) is 4.61. The van der Waals surface area contributed by atoms with E-state index in [0.29, 0.717) is 5.56 Å². The zero-order chi connectivity index (χ0) is 12.3. The highest BCUT2D eigenvalue weighted by molar-refractivity contribution is 9.10. The molecular weight excluding hydrogens is 305 g/mol. The standard InChI is InChI=1S/C12H13BrFNOS/c13-11-9(2-1-3-10(11)14)12(16)15-8-4-6-17-7-5-8/h1-3,8H,4-7H2,(H,15,16). The first-order valence-corrected chi connectivity index (χ1v) is 7.46. The minimum absolute atomic E-state index is 0.201. The lowest BCUT2D eigenvalue weighted by Crippen LogP contribution is -2.37. The van der Waals surface area contributed by atoms with Crippen molar-refractivity contribution >= 4 is 33.6 Å². The van der Waals surface area contributed by atoms with Gasteiger partial charge in [-0.05, 0) is 52.4 Å². The Hall–Kier alpha value is -0.550. The van der Waals surface area contributed by atoms with Crippen molar-refractivity contribution in [1.29, 1.82) is 0 Å². The van der Waals surface area contributed by atoms with Crippen molar-refractivity contribution in [3.05, 3.63) is 34.1 Å². The summed E-state index contributed by atoms with van der Waals surface area (Å²) in [5, 5.41) is 2.95. The summed E-state index contributed by atoms with van der Waals surface area (Å²) in [6, 6.07) is 4.73. The molecule has 1 heterocycles. The van der Waals surface area contributed by atoms with Gasteiger partial charge in [0.15, 0.2) is 0 Å². The van der Waals surface area contributed by atoms with Gasteiger partial charge in [0.25, 0.3) is 5.91 Å². The molecule has 0 aromatic heterocycles. The Morgan fingerprint density at radius 1 is 1.41 bits per heavy atom. The predicted octanol–water partition coefficient (Wildman–Crippen LogP) is 3.21. The summed E-state index contributed by atoms with van der Waals surface area (Å²) in [5.74, 6) is 1.55. The van der Waals surface area contributed by atoms with Gasteiger partial charge in [-0.1, -0.05) is 6.07 Å². The first-order valence-electron chi connectivity index (χ1n) is 5.51. The lowest BCUT2D eigenvalue weighted by molar-refractivity contribution is 0.0933. The molecule has 1 aliphatic rings. The van der Waals surface area contributed by atoms with E-state index in [0.717, 1.165) is 24.3 Å². The third-order valence-electron chi connectivity index (χ3n) is 2.75. The molecule has 1 N–H and O–H groups in total. The van der Waals surface area contributed by atoms with Crippen LogP contribution in [-0.4, -0.2) is 23.5 Å². The molecule has 1 aromatic rings. The van der Waals surface area contributed by atoms with Crippen LogP contribution in [0.15, 0.2) is 22.7 Å². The lowest BCUT2D eigenvalue weighted by atomic mass is 10.1. The van der Waals surface area contributed by atoms with Crippen LogP contribution in [0.25, 0.3) is 0 Å². The van der Waals surface area contributed by atoms with Crippen LogP contribution in [0.2, 0.25) is 0 Å². The van der Waals surface area contributed by atoms with E-state index in [1.165, 1.54) is 6.07 Å². The van der Waals surface area contributed by atoms with Gasteiger partial charge >= 0.3 is 0 Å². The van der Waals surface area contributed by atoms with Crippen molar-refractivity contribution in [2.45, 2.75) is 18.9 Å². The number of carbonyl (C=O) groups excluding carboxylic acids is 1. The molecule has 0 saturated carbocycles. The second-order valence-electron chi connectivity index (χ2n) is 3.96. The minimum Gasteiger partial charge on any atom is -0.349 e. The van der Waals surface area contributed by atoms with Crippen LogP contribution in [0.3, 0.4) is 0 Å². The van der Waals surface area contributed by atoms with E-state index < -0.39 is 5.82 Å². The summed E-state index contributed by atoms with van der Waals surface area (Å²) in [6.07, 6.45) is 1.98. The Morgan fingerprint density at radius 2 is 2.12 bits per heavy atom. The monoisotopic (exact) mass is 317 g/mol. The second-order valence-corrected chi connectivity index (χ2v) is 5.98. The smallest absolute Gasteiger partial charge is 0.252 e. The van der Waals surface area contributed by atoms with Crippen molar-refractivity contribution in [2.75, 3.05) is 11.5 Å². The quantitative estimate of drug-likeness (QED) is 0.907. The van der Waals surface area contributed by atoms with Crippen LogP contribution >= 0.6 is 27.7 Å². The number of halogens is 2. The van der Waals surface area contributed by atoms with Crippen LogP contribution in [0.4, 0.5) is 4.39 Å². The van der Waals surface area contributed by atoms with Gasteiger partial charge in [0, 0.05) is 6.04 Å². The summed E-state index contributed by atoms with van der Waals surface area (Å²) in [5.41, 5.74) is 0.364. The second kappa shape index (κ2) is 5.87. The molecule has 2 nitrogen and oxygen atoms in total. The number of carbonyl (C=O) groups is 1. The van der Waals surface area contributed by atoms with Gasteiger partial charge in [-0.3, -0.25) is 4.79 Å². The number of hydrogen-bond acceptors (Lipinski definition) is 2. The van der Waals surface area contributed by atoms with E-state index >= 15 is 0 Å². The summed E-state index contributed by atoms with van der Waals surface area (Å²) >= 11 is 5.01. The topological polar surface area (TPSA) is 29.1 Å². The fraction of sp³-hybridized carbons (Fsp3) is 0.417. The van der Waals surface area contributed by atoms with Crippen molar-refractivity contribution in [2.24, 2.45) is 0 Å². The molecular formula is C12H13BrFNOS. The van der Waals surface area contributed by atoms with E-state index in [1.54, 1.807) is 12.1 Å². The summed E-state index contributed by atoms with van der Waals surface area (Å²) in [6.45, 7) is 0. The number of amides is 1. The molecule has 0 radical (unpaired) electrons. The van der Waals surface area contributed by atoms with E-state index in [-0.39, 0.29) is 16.4 Å². The lowest BCUT2D eigenvalue weighted by Gasteiger charge is -2.22. The fourth-order valence-corrected chi connectivity index (χ4v) is 3.34. The summed E-state index contributed by atoms with van der Waals surface area (Å²) < 4.78 is 13.5. The van der Waals surface area contributed by atoms with Crippen LogP contribution in [-0.2, 0) is 0 Å². The third kappa shape index (κ3) is 3.22. The number of rotatable bonds is 2. The average molecular weight is 318 g/mol. The SMILES string of the molecule is O=C(NC1CCSCC1)c1cccc(F)c1Br. The summed E-state index contributed by atoms with van der Waals surface area (Å²) in [4.78, 5) is 12.0. The normalized spacial score (nSPS) is 16.8. The number of nitrogens with one attached hydrogen (secondary N) is 1. The van der Waals surface area contributed by atoms with Crippen LogP contribution in [0.1, 0.15) is 23.2 Å². The molecule has 92 valence electrons. The van der Waals surface area contributed by atoms with E-state index in [4.69, 9.17) is 0 Å². The molecule has 1 aliphatic heterocycles. The minimum atomic E-state index is -0.406. The van der Waals surface area contributed by atoms with Gasteiger partial charge in [0.1, 0.15) is 5.82 Å². The molecule has 0 bridgehead atoms. The van der Waals surface area contributed by atoms with E-state index in [9.17, 15) is 9.18 Å². The van der Waals surface area contributed by atoms with Gasteiger partial charge in [-0.25, -0.2) is 4.39 Å². The number of thioether (sulfide) groups is 1. The van der Waals surface area contributed by atoms with Crippen molar-refractivity contribution in [1.82, 2.24) is 5.32 Å². The predicted molar refractivity (Wildman–Crippen MR) is 71.9 cm³/mol. The largest absolute Gasteiger partial charge is 0.349 e. The van der Waals surface area contributed by atoms with Crippen molar-refractivity contribution in [3.63, 3.8) is 0 Å². The maximum absolute atomic E-state index is 13.3. The molecule has 2 rings (SSSR count). The molecule has 1 saturated heterocycles. The average Bonchev–Trinajstić information content (AvgIpc) is 2.34. The highest BCUT2D eigenvalue weighted by atomic mass is 79.9. The molecule has 1 aromatic carbocycles. The van der Waals surface area contributed by atoms with Gasteiger partial charge in [0.05, 0.1) is 10.0 Å². The fourth-order valence-electron chi connectivity index (χ4n) is 1.78. The molecule has 5 heteroatoms. The molecule has 0 aliphatic carbocycles. The zero-order valence-corrected chi connectivity index (χ0v) is 11.6. The molecule has 0 atom stereocenters. The van der Waals surface area contributed by atoms with Gasteiger partial charge in [0.2, 0.25) is 0 Å². The molecule has 0 unspecified atom stereocenters. The summed E-state index contributed by atoms with van der Waals surface area (Å²) in [7, 11) is 0. The van der Waals surface area contributed by atoms with Gasteiger partial charge in [-0.2, -0.15) is 11.8 Å². The Kier molecular flexibility index (Phi) is 4.45. The Morgan fingerprint density at radius 3 is 2.82 bits per heavy atom. The molecule has 0 spiro atoms. The molecule has 17 heavy (non-hydrogen) atoms. The van der Waals surface area contributed by atoms with Gasteiger partial charge < -0.3 is 5.32 Å². The van der Waals surface area contributed by atoms with Gasteiger partial charge in [-0.15, -0.1) is 0 Å². The maximum atomic E-state index is 13.3. The molecule has 1 amide bonds. The number of benzene rings is 1. The molecule has 1 fully saturated rings. The van der Waals surface area contributed by atoms with E-state index in [2.05, 4.69) is 21.2 Å². The highest BCUT2D eigenvalue weighted by Gasteiger charge is 2.19. The Bertz CT molecular complexity index is 421. The maximum Gasteiger partial charge on any atom is 0.252 e. The Labute approximate surface area is 112 Å². The Balaban J connectivity index is 2.06. The first-order chi connectivity index (χ1) is 8.18. The zero-order valence-electron chi connectivity index (χ0n) is 9.21. The van der Waals surface area contributed by atoms with Crippen LogP contribution in [0, 0.1) is 5.82 Å². The van der Waals surface area contributed by atoms with E-state index in [1.807, 2.05) is 11.8 Å². The first kappa shape index (κ1) is 12.9. The number of hydrogen-bond donors (Lipinski definition) is 1. The van der Waals surface area contributed by atoms with Crippen LogP contribution < -0.4 is 5.32 Å². The van der Waals surface area contributed by atoms with Crippen LogP contribution in [0.5, 0.6) is 0 Å².